The first-order valence-electron chi connectivity index (χ1n) is 10.9. The van der Waals surface area contributed by atoms with Crippen molar-refractivity contribution in [1.82, 2.24) is 20.2 Å². The molecule has 4 aromatic rings. The molecule has 5 rings (SSSR count). The van der Waals surface area contributed by atoms with Crippen LogP contribution in [0.1, 0.15) is 24.1 Å². The molecule has 0 bridgehead atoms. The summed E-state index contributed by atoms with van der Waals surface area (Å²) in [5, 5.41) is 19.2. The minimum absolute atomic E-state index is 0.201. The first-order valence-corrected chi connectivity index (χ1v) is 12.4. The number of amides is 1. The Morgan fingerprint density at radius 3 is 2.72 bits per heavy atom. The number of nitrogens with zero attached hydrogens (tertiary/aromatic N) is 4. The average Bonchev–Trinajstić information content (AvgIpc) is 3.32. The number of carbonyl (C=O) groups is 1. The van der Waals surface area contributed by atoms with Crippen molar-refractivity contribution in [3.05, 3.63) is 104 Å². The van der Waals surface area contributed by atoms with Gasteiger partial charge in [-0.3, -0.25) is 4.79 Å². The topological polar surface area (TPSA) is 94.0 Å². The maximum atomic E-state index is 13.6. The van der Waals surface area contributed by atoms with E-state index in [0.717, 1.165) is 10.0 Å². The molecule has 0 aliphatic carbocycles. The van der Waals surface area contributed by atoms with Crippen LogP contribution in [0.25, 0.3) is 0 Å². The van der Waals surface area contributed by atoms with Crippen molar-refractivity contribution in [1.29, 1.82) is 0 Å². The van der Waals surface area contributed by atoms with Crippen molar-refractivity contribution < 1.29 is 9.53 Å². The molecule has 0 saturated heterocycles. The Hall–Kier alpha value is -3.40. The van der Waals surface area contributed by atoms with E-state index in [1.54, 1.807) is 16.8 Å². The number of aromatic nitrogens is 4. The summed E-state index contributed by atoms with van der Waals surface area (Å²) in [6.07, 6.45) is 0. The van der Waals surface area contributed by atoms with Crippen molar-refractivity contribution in [2.75, 3.05) is 10.6 Å². The van der Waals surface area contributed by atoms with Crippen LogP contribution in [0.4, 0.5) is 11.6 Å². The number of anilines is 2. The standard InChI is InChI=1S/C25H19BrCl2N6O2/c1-14-22(24(35)30-18-5-3-2-4-6-18)23(34-25(29-14)31-32-33-34)19-11-16(26)8-10-21(19)36-13-15-7-9-17(27)12-20(15)28/h2-12,23H,13H2,1H3,(H,30,35)(H,29,31,33). The van der Waals surface area contributed by atoms with Gasteiger partial charge in [-0.25, -0.2) is 0 Å². The normalized spacial score (nSPS) is 14.7. The molecule has 0 fully saturated rings. The van der Waals surface area contributed by atoms with E-state index in [0.29, 0.717) is 44.3 Å². The highest BCUT2D eigenvalue weighted by Crippen LogP contribution is 2.40. The van der Waals surface area contributed by atoms with E-state index in [9.17, 15) is 4.79 Å². The monoisotopic (exact) mass is 584 g/mol. The fourth-order valence-electron chi connectivity index (χ4n) is 3.97. The SMILES string of the molecule is CC1=C(C(=O)Nc2ccccc2)C(c2cc(Br)ccc2OCc2ccc(Cl)cc2Cl)n2nnnc2N1. The molecule has 3 aromatic carbocycles. The highest BCUT2D eigenvalue weighted by molar-refractivity contribution is 9.10. The fourth-order valence-corrected chi connectivity index (χ4v) is 4.81. The van der Waals surface area contributed by atoms with E-state index < -0.39 is 6.04 Å². The number of benzene rings is 3. The Morgan fingerprint density at radius 1 is 1.14 bits per heavy atom. The number of rotatable bonds is 6. The number of halogens is 3. The van der Waals surface area contributed by atoms with Crippen molar-refractivity contribution in [2.24, 2.45) is 0 Å². The number of ether oxygens (including phenoxy) is 1. The predicted octanol–water partition coefficient (Wildman–Crippen LogP) is 6.25. The van der Waals surface area contributed by atoms with Crippen LogP contribution in [0, 0.1) is 0 Å². The number of allylic oxidation sites excluding steroid dienone is 1. The predicted molar refractivity (Wildman–Crippen MR) is 142 cm³/mol. The van der Waals surface area contributed by atoms with Crippen molar-refractivity contribution in [2.45, 2.75) is 19.6 Å². The van der Waals surface area contributed by atoms with Gasteiger partial charge >= 0.3 is 0 Å². The summed E-state index contributed by atoms with van der Waals surface area (Å²) < 4.78 is 8.59. The first kappa shape index (κ1) is 24.3. The maximum Gasteiger partial charge on any atom is 0.255 e. The molecule has 2 heterocycles. The van der Waals surface area contributed by atoms with Crippen molar-refractivity contribution in [3.63, 3.8) is 0 Å². The van der Waals surface area contributed by atoms with Gasteiger partial charge in [0.25, 0.3) is 5.91 Å². The lowest BCUT2D eigenvalue weighted by atomic mass is 9.94. The molecule has 1 aliphatic heterocycles. The zero-order valence-electron chi connectivity index (χ0n) is 18.9. The molecule has 0 spiro atoms. The minimum atomic E-state index is -0.659. The van der Waals surface area contributed by atoms with Gasteiger partial charge in [-0.2, -0.15) is 4.68 Å². The van der Waals surface area contributed by atoms with Gasteiger partial charge in [0, 0.05) is 37.0 Å². The fraction of sp³-hybridized carbons (Fsp3) is 0.120. The van der Waals surface area contributed by atoms with E-state index in [2.05, 4.69) is 42.1 Å². The van der Waals surface area contributed by atoms with E-state index in [-0.39, 0.29) is 12.5 Å². The number of hydrogen-bond acceptors (Lipinski definition) is 6. The van der Waals surface area contributed by atoms with Crippen LogP contribution in [0.15, 0.2) is 82.5 Å². The van der Waals surface area contributed by atoms with Gasteiger partial charge in [-0.1, -0.05) is 68.5 Å². The van der Waals surface area contributed by atoms with E-state index in [1.165, 1.54) is 0 Å². The van der Waals surface area contributed by atoms with Crippen LogP contribution in [0.2, 0.25) is 10.0 Å². The number of nitrogens with one attached hydrogen (secondary N) is 2. The summed E-state index contributed by atoms with van der Waals surface area (Å²) in [5.41, 5.74) is 3.22. The number of para-hydroxylation sites is 1. The van der Waals surface area contributed by atoms with Gasteiger partial charge < -0.3 is 15.4 Å². The Labute approximate surface area is 225 Å². The lowest BCUT2D eigenvalue weighted by Crippen LogP contribution is -2.31. The van der Waals surface area contributed by atoms with E-state index >= 15 is 0 Å². The molecule has 1 atom stereocenters. The zero-order valence-corrected chi connectivity index (χ0v) is 22.0. The van der Waals surface area contributed by atoms with Gasteiger partial charge in [0.15, 0.2) is 0 Å². The molecule has 1 amide bonds. The second-order valence-electron chi connectivity index (χ2n) is 8.04. The summed E-state index contributed by atoms with van der Waals surface area (Å²) in [6, 6.07) is 19.4. The molecular weight excluding hydrogens is 567 g/mol. The maximum absolute atomic E-state index is 13.6. The van der Waals surface area contributed by atoms with Crippen LogP contribution in [0.3, 0.4) is 0 Å². The highest BCUT2D eigenvalue weighted by Gasteiger charge is 2.36. The number of carbonyl (C=O) groups excluding carboxylic acids is 1. The molecule has 36 heavy (non-hydrogen) atoms. The van der Waals surface area contributed by atoms with Crippen molar-refractivity contribution >= 4 is 56.7 Å². The Kier molecular flexibility index (Phi) is 6.95. The Bertz CT molecular complexity index is 1470. The zero-order chi connectivity index (χ0) is 25.2. The largest absolute Gasteiger partial charge is 0.488 e. The molecule has 182 valence electrons. The molecule has 1 aliphatic rings. The minimum Gasteiger partial charge on any atom is -0.488 e. The second kappa shape index (κ2) is 10.3. The van der Waals surface area contributed by atoms with E-state index in [1.807, 2.05) is 61.5 Å². The van der Waals surface area contributed by atoms with Crippen LogP contribution >= 0.6 is 39.1 Å². The van der Waals surface area contributed by atoms with Gasteiger partial charge in [-0.05, 0) is 59.8 Å². The summed E-state index contributed by atoms with van der Waals surface area (Å²) in [7, 11) is 0. The summed E-state index contributed by atoms with van der Waals surface area (Å²) in [4.78, 5) is 13.6. The van der Waals surface area contributed by atoms with Crippen LogP contribution in [0.5, 0.6) is 5.75 Å². The molecule has 2 N–H and O–H groups in total. The molecule has 8 nitrogen and oxygen atoms in total. The van der Waals surface area contributed by atoms with Crippen LogP contribution in [-0.2, 0) is 11.4 Å². The molecule has 11 heteroatoms. The third kappa shape index (κ3) is 4.95. The summed E-state index contributed by atoms with van der Waals surface area (Å²) in [5.74, 6) is 0.680. The second-order valence-corrected chi connectivity index (χ2v) is 9.80. The molecule has 1 aromatic heterocycles. The Morgan fingerprint density at radius 2 is 1.94 bits per heavy atom. The first-order chi connectivity index (χ1) is 17.4. The number of tetrazole rings is 1. The van der Waals surface area contributed by atoms with Gasteiger partial charge in [0.1, 0.15) is 18.4 Å². The molecular formula is C25H19BrCl2N6O2. The van der Waals surface area contributed by atoms with Crippen LogP contribution < -0.4 is 15.4 Å². The van der Waals surface area contributed by atoms with Gasteiger partial charge in [0.05, 0.1) is 5.57 Å². The quantitative estimate of drug-likeness (QED) is 0.278. The molecule has 1 unspecified atom stereocenters. The molecule has 0 radical (unpaired) electrons. The Balaban J connectivity index is 1.55. The lowest BCUT2D eigenvalue weighted by Gasteiger charge is -2.29. The van der Waals surface area contributed by atoms with Gasteiger partial charge in [-0.15, -0.1) is 0 Å². The summed E-state index contributed by atoms with van der Waals surface area (Å²) in [6.45, 7) is 2.02. The number of fused-ring (bicyclic) bond motifs is 1. The molecule has 0 saturated carbocycles. The van der Waals surface area contributed by atoms with E-state index in [4.69, 9.17) is 27.9 Å². The van der Waals surface area contributed by atoms with Gasteiger partial charge in [0.2, 0.25) is 5.95 Å². The smallest absolute Gasteiger partial charge is 0.255 e. The highest BCUT2D eigenvalue weighted by atomic mass is 79.9. The lowest BCUT2D eigenvalue weighted by molar-refractivity contribution is -0.113. The van der Waals surface area contributed by atoms with Crippen LogP contribution in [-0.4, -0.2) is 26.1 Å². The average molecular weight is 586 g/mol. The van der Waals surface area contributed by atoms with Crippen molar-refractivity contribution in [3.8, 4) is 5.75 Å². The summed E-state index contributed by atoms with van der Waals surface area (Å²) >= 11 is 15.9. The third-order valence-electron chi connectivity index (χ3n) is 5.66. The third-order valence-corrected chi connectivity index (χ3v) is 6.74. The number of hydrogen-bond donors (Lipinski definition) is 2.